The monoisotopic (exact) mass is 484 g/mol. The molecule has 0 bridgehead atoms. The number of amides is 1. The summed E-state index contributed by atoms with van der Waals surface area (Å²) >= 11 is 0. The lowest BCUT2D eigenvalue weighted by Gasteiger charge is -2.30. The molecule has 36 heavy (non-hydrogen) atoms. The molecule has 1 fully saturated rings. The van der Waals surface area contributed by atoms with Gasteiger partial charge in [0.25, 0.3) is 0 Å². The number of nitrogens with zero attached hydrogens (tertiary/aromatic N) is 4. The molecule has 0 saturated carbocycles. The second-order valence-corrected chi connectivity index (χ2v) is 10.8. The Kier molecular flexibility index (Phi) is 8.42. The third-order valence-electron chi connectivity index (χ3n) is 7.24. The largest absolute Gasteiger partial charge is 0.378 e. The fourth-order valence-electron chi connectivity index (χ4n) is 5.22. The highest BCUT2D eigenvalue weighted by atomic mass is 16.2. The molecule has 5 nitrogen and oxygen atoms in total. The van der Waals surface area contributed by atoms with Gasteiger partial charge in [-0.1, -0.05) is 61.9 Å². The number of anilines is 1. The first-order valence-electron chi connectivity index (χ1n) is 13.0. The highest BCUT2D eigenvalue weighted by Crippen LogP contribution is 2.35. The number of hydrogen-bond donors (Lipinski definition) is 0. The molecule has 0 spiro atoms. The van der Waals surface area contributed by atoms with Crippen LogP contribution in [0.3, 0.4) is 0 Å². The van der Waals surface area contributed by atoms with Crippen LogP contribution in [0.2, 0.25) is 0 Å². The Hall–Kier alpha value is -3.18. The minimum Gasteiger partial charge on any atom is -0.378 e. The van der Waals surface area contributed by atoms with Gasteiger partial charge < -0.3 is 9.80 Å². The van der Waals surface area contributed by atoms with Crippen LogP contribution in [0.25, 0.3) is 0 Å². The molecule has 0 N–H and O–H groups in total. The minimum absolute atomic E-state index is 0.0350. The molecule has 1 aliphatic heterocycles. The molecule has 2 heterocycles. The Morgan fingerprint density at radius 1 is 1.00 bits per heavy atom. The third-order valence-corrected chi connectivity index (χ3v) is 7.24. The van der Waals surface area contributed by atoms with Crippen molar-refractivity contribution < 1.29 is 4.79 Å². The van der Waals surface area contributed by atoms with Crippen molar-refractivity contribution in [3.8, 4) is 0 Å². The molecule has 0 aliphatic carbocycles. The van der Waals surface area contributed by atoms with E-state index in [-0.39, 0.29) is 11.8 Å². The van der Waals surface area contributed by atoms with Crippen molar-refractivity contribution in [3.05, 3.63) is 95.3 Å². The fraction of sp³-hybridized carbons (Fsp3) is 0.419. The summed E-state index contributed by atoms with van der Waals surface area (Å²) in [6.07, 6.45) is 3.65. The molecule has 1 aliphatic rings. The van der Waals surface area contributed by atoms with E-state index >= 15 is 0 Å². The van der Waals surface area contributed by atoms with Gasteiger partial charge >= 0.3 is 0 Å². The number of carbonyl (C=O) groups excluding carboxylic acids is 1. The number of benzene rings is 2. The molecule has 0 radical (unpaired) electrons. The summed E-state index contributed by atoms with van der Waals surface area (Å²) in [5, 5.41) is 0. The molecule has 1 amide bonds. The molecule has 4 rings (SSSR count). The molecule has 190 valence electrons. The smallest absolute Gasteiger partial charge is 0.225 e. The third kappa shape index (κ3) is 6.52. The van der Waals surface area contributed by atoms with Crippen molar-refractivity contribution >= 4 is 11.6 Å². The van der Waals surface area contributed by atoms with E-state index in [9.17, 15) is 4.79 Å². The number of rotatable bonds is 9. The summed E-state index contributed by atoms with van der Waals surface area (Å²) in [6, 6.07) is 21.8. The Morgan fingerprint density at radius 2 is 1.72 bits per heavy atom. The van der Waals surface area contributed by atoms with Crippen LogP contribution >= 0.6 is 0 Å². The van der Waals surface area contributed by atoms with Crippen LogP contribution in [0.5, 0.6) is 0 Å². The molecule has 2 unspecified atom stereocenters. The van der Waals surface area contributed by atoms with Crippen LogP contribution in [-0.4, -0.2) is 54.4 Å². The van der Waals surface area contributed by atoms with Crippen LogP contribution in [0.15, 0.2) is 73.1 Å². The lowest BCUT2D eigenvalue weighted by Crippen LogP contribution is -2.39. The van der Waals surface area contributed by atoms with Crippen LogP contribution in [0.1, 0.15) is 42.0 Å². The lowest BCUT2D eigenvalue weighted by molar-refractivity contribution is -0.135. The quantitative estimate of drug-likeness (QED) is 0.410. The van der Waals surface area contributed by atoms with Gasteiger partial charge in [-0.05, 0) is 47.7 Å². The van der Waals surface area contributed by atoms with Gasteiger partial charge in [-0.2, -0.15) is 0 Å². The van der Waals surface area contributed by atoms with E-state index in [0.717, 1.165) is 31.7 Å². The number of pyridine rings is 1. The minimum atomic E-state index is -0.0350. The summed E-state index contributed by atoms with van der Waals surface area (Å²) in [6.45, 7) is 10.4. The van der Waals surface area contributed by atoms with Gasteiger partial charge in [0.05, 0.1) is 0 Å². The van der Waals surface area contributed by atoms with E-state index in [1.165, 1.54) is 22.4 Å². The van der Waals surface area contributed by atoms with Crippen molar-refractivity contribution in [2.45, 2.75) is 39.8 Å². The van der Waals surface area contributed by atoms with Crippen molar-refractivity contribution in [2.75, 3.05) is 38.6 Å². The molecule has 5 heteroatoms. The summed E-state index contributed by atoms with van der Waals surface area (Å²) < 4.78 is 0. The van der Waals surface area contributed by atoms with Crippen LogP contribution in [0, 0.1) is 18.8 Å². The summed E-state index contributed by atoms with van der Waals surface area (Å²) in [4.78, 5) is 24.3. The summed E-state index contributed by atoms with van der Waals surface area (Å²) in [7, 11) is 4.14. The van der Waals surface area contributed by atoms with Gasteiger partial charge in [0.2, 0.25) is 5.91 Å². The summed E-state index contributed by atoms with van der Waals surface area (Å²) in [5.74, 6) is 0.933. The van der Waals surface area contributed by atoms with Gasteiger partial charge in [-0.15, -0.1) is 0 Å². The van der Waals surface area contributed by atoms with Gasteiger partial charge in [0, 0.05) is 76.7 Å². The van der Waals surface area contributed by atoms with E-state index in [0.29, 0.717) is 18.4 Å². The average molecular weight is 485 g/mol. The fourth-order valence-corrected chi connectivity index (χ4v) is 5.22. The zero-order chi connectivity index (χ0) is 25.7. The first kappa shape index (κ1) is 25.9. The topological polar surface area (TPSA) is 39.7 Å². The van der Waals surface area contributed by atoms with Crippen LogP contribution < -0.4 is 4.90 Å². The van der Waals surface area contributed by atoms with Crippen molar-refractivity contribution in [1.82, 2.24) is 14.8 Å². The predicted molar refractivity (Wildman–Crippen MR) is 148 cm³/mol. The van der Waals surface area contributed by atoms with Gasteiger partial charge in [0.15, 0.2) is 0 Å². The van der Waals surface area contributed by atoms with E-state index in [1.54, 1.807) is 6.20 Å². The van der Waals surface area contributed by atoms with E-state index < -0.39 is 0 Å². The Bertz CT molecular complexity index is 1110. The molecule has 1 saturated heterocycles. The normalized spacial score (nSPS) is 17.9. The zero-order valence-corrected chi connectivity index (χ0v) is 22.4. The first-order chi connectivity index (χ1) is 17.3. The van der Waals surface area contributed by atoms with Crippen molar-refractivity contribution in [2.24, 2.45) is 11.8 Å². The number of carbonyl (C=O) groups is 1. The molecule has 2 atom stereocenters. The van der Waals surface area contributed by atoms with Crippen LogP contribution in [0.4, 0.5) is 5.69 Å². The average Bonchev–Trinajstić information content (AvgIpc) is 3.26. The van der Waals surface area contributed by atoms with Gasteiger partial charge in [-0.25, -0.2) is 0 Å². The van der Waals surface area contributed by atoms with E-state index in [4.69, 9.17) is 0 Å². The molecular weight excluding hydrogens is 444 g/mol. The maximum atomic E-state index is 13.3. The molecule has 2 aromatic carbocycles. The zero-order valence-electron chi connectivity index (χ0n) is 22.4. The highest BCUT2D eigenvalue weighted by molar-refractivity contribution is 5.78. The van der Waals surface area contributed by atoms with E-state index in [1.807, 2.05) is 26.1 Å². The number of aryl methyl sites for hydroxylation is 1. The van der Waals surface area contributed by atoms with Gasteiger partial charge in [-0.3, -0.25) is 14.7 Å². The Morgan fingerprint density at radius 3 is 2.33 bits per heavy atom. The standard InChI is InChI=1S/C31H40N4O/c1-23(2)31(36)35(19-26-7-6-16-32-17-26)21-28-20-34(18-25-10-14-29(15-11-25)33(4)5)22-30(28)27-12-8-24(3)9-13-27/h6-17,23,28,30H,18-22H2,1-5H3. The predicted octanol–water partition coefficient (Wildman–Crippen LogP) is 5.36. The molecule has 3 aromatic rings. The number of likely N-dealkylation sites (tertiary alicyclic amines) is 1. The first-order valence-corrected chi connectivity index (χ1v) is 13.0. The van der Waals surface area contributed by atoms with Crippen LogP contribution in [-0.2, 0) is 17.9 Å². The van der Waals surface area contributed by atoms with E-state index in [2.05, 4.69) is 95.3 Å². The number of hydrogen-bond acceptors (Lipinski definition) is 4. The molecular formula is C31H40N4O. The number of aromatic nitrogens is 1. The lowest BCUT2D eigenvalue weighted by atomic mass is 9.88. The Labute approximate surface area is 216 Å². The SMILES string of the molecule is Cc1ccc(C2CN(Cc3ccc(N(C)C)cc3)CC2CN(Cc2cccnc2)C(=O)C(C)C)cc1. The van der Waals surface area contributed by atoms with Crippen molar-refractivity contribution in [1.29, 1.82) is 0 Å². The second-order valence-electron chi connectivity index (χ2n) is 10.8. The second kappa shape index (κ2) is 11.7. The maximum Gasteiger partial charge on any atom is 0.225 e. The highest BCUT2D eigenvalue weighted by Gasteiger charge is 2.36. The molecule has 1 aromatic heterocycles. The Balaban J connectivity index is 1.55. The van der Waals surface area contributed by atoms with Gasteiger partial charge in [0.1, 0.15) is 0 Å². The van der Waals surface area contributed by atoms with Crippen molar-refractivity contribution in [3.63, 3.8) is 0 Å². The maximum absolute atomic E-state index is 13.3. The summed E-state index contributed by atoms with van der Waals surface area (Å²) in [5.41, 5.74) is 6.27.